The van der Waals surface area contributed by atoms with Gasteiger partial charge in [-0.1, -0.05) is 12.1 Å². The molecule has 0 spiro atoms. The zero-order valence-electron chi connectivity index (χ0n) is 12.0. The number of fused-ring (bicyclic) bond motifs is 1. The predicted molar refractivity (Wildman–Crippen MR) is 80.8 cm³/mol. The van der Waals surface area contributed by atoms with Crippen LogP contribution in [-0.2, 0) is 14.6 Å². The number of benzene rings is 1. The molecular weight excluding hydrogens is 276 g/mol. The van der Waals surface area contributed by atoms with E-state index in [1.54, 1.807) is 25.7 Å². The van der Waals surface area contributed by atoms with Crippen LogP contribution in [0.4, 0.5) is 11.4 Å². The zero-order chi connectivity index (χ0) is 15.0. The van der Waals surface area contributed by atoms with Crippen LogP contribution in [0.1, 0.15) is 20.8 Å². The van der Waals surface area contributed by atoms with Crippen molar-refractivity contribution in [3.63, 3.8) is 0 Å². The van der Waals surface area contributed by atoms with Gasteiger partial charge >= 0.3 is 0 Å². The fraction of sp³-hybridized carbons (Fsp3) is 0.500. The third-order valence-electron chi connectivity index (χ3n) is 3.44. The van der Waals surface area contributed by atoms with Gasteiger partial charge in [0.15, 0.2) is 9.84 Å². The predicted octanol–water partition coefficient (Wildman–Crippen LogP) is 1.66. The number of para-hydroxylation sites is 2. The molecule has 0 atom stereocenters. The molecule has 1 heterocycles. The van der Waals surface area contributed by atoms with E-state index in [0.29, 0.717) is 0 Å². The summed E-state index contributed by atoms with van der Waals surface area (Å²) < 4.78 is 23.5. The van der Waals surface area contributed by atoms with Gasteiger partial charge < -0.3 is 10.2 Å². The molecule has 1 amide bonds. The molecule has 1 N–H and O–H groups in total. The zero-order valence-corrected chi connectivity index (χ0v) is 12.8. The Morgan fingerprint density at radius 3 is 2.55 bits per heavy atom. The van der Waals surface area contributed by atoms with E-state index in [2.05, 4.69) is 5.32 Å². The Hall–Kier alpha value is -1.56. The highest BCUT2D eigenvalue weighted by Gasteiger charge is 2.31. The summed E-state index contributed by atoms with van der Waals surface area (Å²) in [6.07, 6.45) is 0. The van der Waals surface area contributed by atoms with Crippen molar-refractivity contribution in [2.24, 2.45) is 0 Å². The van der Waals surface area contributed by atoms with Crippen LogP contribution in [0.5, 0.6) is 0 Å². The summed E-state index contributed by atoms with van der Waals surface area (Å²) in [6.45, 7) is 5.42. The molecule has 1 aromatic carbocycles. The van der Waals surface area contributed by atoms with E-state index < -0.39 is 14.6 Å². The number of carbonyl (C=O) groups is 1. The maximum atomic E-state index is 12.2. The lowest BCUT2D eigenvalue weighted by atomic mass is 10.2. The molecule has 1 aromatic rings. The number of anilines is 2. The second-order valence-electron chi connectivity index (χ2n) is 5.85. The van der Waals surface area contributed by atoms with Crippen LogP contribution in [0, 0.1) is 0 Å². The Morgan fingerprint density at radius 1 is 1.25 bits per heavy atom. The van der Waals surface area contributed by atoms with E-state index in [9.17, 15) is 13.2 Å². The molecule has 2 rings (SSSR count). The Morgan fingerprint density at radius 2 is 1.90 bits per heavy atom. The summed E-state index contributed by atoms with van der Waals surface area (Å²) in [5.41, 5.74) is 1.60. The standard InChI is InChI=1S/C14H20N2O3S/c1-14(2,3)20(18,19)9-8-16-12-7-5-4-6-11(12)15-10-13(16)17/h4-7,15H,8-10H2,1-3H3. The van der Waals surface area contributed by atoms with Crippen molar-refractivity contribution in [2.45, 2.75) is 25.5 Å². The molecule has 110 valence electrons. The minimum atomic E-state index is -3.24. The maximum absolute atomic E-state index is 12.2. The molecule has 20 heavy (non-hydrogen) atoms. The molecule has 1 aliphatic heterocycles. The van der Waals surface area contributed by atoms with Crippen molar-refractivity contribution in [3.05, 3.63) is 24.3 Å². The van der Waals surface area contributed by atoms with Crippen molar-refractivity contribution < 1.29 is 13.2 Å². The van der Waals surface area contributed by atoms with Gasteiger partial charge in [-0.25, -0.2) is 8.42 Å². The highest BCUT2D eigenvalue weighted by atomic mass is 32.2. The van der Waals surface area contributed by atoms with Gasteiger partial charge in [0.25, 0.3) is 0 Å². The van der Waals surface area contributed by atoms with Gasteiger partial charge in [0.05, 0.1) is 28.4 Å². The number of rotatable bonds is 3. The first-order chi connectivity index (χ1) is 9.22. The first-order valence-corrected chi connectivity index (χ1v) is 8.23. The smallest absolute Gasteiger partial charge is 0.246 e. The van der Waals surface area contributed by atoms with Crippen LogP contribution < -0.4 is 10.2 Å². The maximum Gasteiger partial charge on any atom is 0.246 e. The number of nitrogens with one attached hydrogen (secondary N) is 1. The summed E-state index contributed by atoms with van der Waals surface area (Å²) in [7, 11) is -3.24. The van der Waals surface area contributed by atoms with Crippen LogP contribution in [0.15, 0.2) is 24.3 Å². The molecule has 0 aromatic heterocycles. The van der Waals surface area contributed by atoms with Crippen molar-refractivity contribution >= 4 is 27.1 Å². The lowest BCUT2D eigenvalue weighted by molar-refractivity contribution is -0.117. The topological polar surface area (TPSA) is 66.5 Å². The lowest BCUT2D eigenvalue weighted by Gasteiger charge is -2.31. The molecule has 0 saturated heterocycles. The molecule has 1 aliphatic rings. The number of nitrogens with zero attached hydrogens (tertiary/aromatic N) is 1. The Kier molecular flexibility index (Phi) is 3.77. The molecule has 0 saturated carbocycles. The monoisotopic (exact) mass is 296 g/mol. The SMILES string of the molecule is CC(C)(C)S(=O)(=O)CCN1C(=O)CNc2ccccc21. The van der Waals surface area contributed by atoms with E-state index in [1.165, 1.54) is 0 Å². The molecule has 0 radical (unpaired) electrons. The third kappa shape index (κ3) is 2.80. The highest BCUT2D eigenvalue weighted by molar-refractivity contribution is 7.92. The molecule has 0 aliphatic carbocycles. The van der Waals surface area contributed by atoms with Crippen molar-refractivity contribution in [2.75, 3.05) is 29.1 Å². The van der Waals surface area contributed by atoms with Gasteiger partial charge in [-0.3, -0.25) is 4.79 Å². The van der Waals surface area contributed by atoms with Crippen LogP contribution in [0.3, 0.4) is 0 Å². The van der Waals surface area contributed by atoms with E-state index in [0.717, 1.165) is 11.4 Å². The van der Waals surface area contributed by atoms with Crippen LogP contribution in [0.25, 0.3) is 0 Å². The number of hydrogen-bond acceptors (Lipinski definition) is 4. The highest BCUT2D eigenvalue weighted by Crippen LogP contribution is 2.29. The van der Waals surface area contributed by atoms with Gasteiger partial charge in [-0.15, -0.1) is 0 Å². The van der Waals surface area contributed by atoms with Gasteiger partial charge in [0.2, 0.25) is 5.91 Å². The summed E-state index contributed by atoms with van der Waals surface area (Å²) in [4.78, 5) is 13.5. The largest absolute Gasteiger partial charge is 0.374 e. The summed E-state index contributed by atoms with van der Waals surface area (Å²) in [5, 5.41) is 3.03. The molecule has 5 nitrogen and oxygen atoms in total. The second kappa shape index (κ2) is 5.09. The Balaban J connectivity index is 2.20. The molecular formula is C14H20N2O3S. The van der Waals surface area contributed by atoms with E-state index >= 15 is 0 Å². The number of sulfone groups is 1. The number of hydrogen-bond donors (Lipinski definition) is 1. The fourth-order valence-electron chi connectivity index (χ4n) is 2.02. The Labute approximate surface area is 119 Å². The summed E-state index contributed by atoms with van der Waals surface area (Å²) >= 11 is 0. The lowest BCUT2D eigenvalue weighted by Crippen LogP contribution is -2.44. The molecule has 6 heteroatoms. The first-order valence-electron chi connectivity index (χ1n) is 6.58. The Bertz CT molecular complexity index is 618. The quantitative estimate of drug-likeness (QED) is 0.921. The molecule has 0 fully saturated rings. The summed E-state index contributed by atoms with van der Waals surface area (Å²) in [5.74, 6) is -0.135. The van der Waals surface area contributed by atoms with Crippen molar-refractivity contribution in [3.8, 4) is 0 Å². The normalized spacial score (nSPS) is 15.8. The van der Waals surface area contributed by atoms with E-state index in [1.807, 2.05) is 24.3 Å². The van der Waals surface area contributed by atoms with E-state index in [-0.39, 0.29) is 24.7 Å². The van der Waals surface area contributed by atoms with Gasteiger partial charge in [-0.2, -0.15) is 0 Å². The number of amides is 1. The average Bonchev–Trinajstić information content (AvgIpc) is 2.36. The van der Waals surface area contributed by atoms with Gasteiger partial charge in [0.1, 0.15) is 0 Å². The third-order valence-corrected chi connectivity index (χ3v) is 6.03. The van der Waals surface area contributed by atoms with Crippen LogP contribution in [0.2, 0.25) is 0 Å². The minimum absolute atomic E-state index is 0.0312. The van der Waals surface area contributed by atoms with Gasteiger partial charge in [0, 0.05) is 6.54 Å². The van der Waals surface area contributed by atoms with Crippen molar-refractivity contribution in [1.82, 2.24) is 0 Å². The minimum Gasteiger partial charge on any atom is -0.374 e. The average molecular weight is 296 g/mol. The summed E-state index contributed by atoms with van der Waals surface area (Å²) in [6, 6.07) is 7.42. The second-order valence-corrected chi connectivity index (χ2v) is 8.71. The fourth-order valence-corrected chi connectivity index (χ4v) is 3.06. The van der Waals surface area contributed by atoms with Crippen molar-refractivity contribution in [1.29, 1.82) is 0 Å². The van der Waals surface area contributed by atoms with Gasteiger partial charge in [-0.05, 0) is 32.9 Å². The first kappa shape index (κ1) is 14.8. The number of carbonyl (C=O) groups excluding carboxylic acids is 1. The van der Waals surface area contributed by atoms with E-state index in [4.69, 9.17) is 0 Å². The van der Waals surface area contributed by atoms with Crippen LogP contribution >= 0.6 is 0 Å². The van der Waals surface area contributed by atoms with Crippen LogP contribution in [-0.4, -0.2) is 37.9 Å². The molecule has 0 bridgehead atoms. The molecule has 0 unspecified atom stereocenters.